The van der Waals surface area contributed by atoms with E-state index in [2.05, 4.69) is 25.8 Å². The molecule has 0 spiro atoms. The minimum Gasteiger partial charge on any atom is -0.477 e. The van der Waals surface area contributed by atoms with E-state index in [4.69, 9.17) is 15.8 Å². The van der Waals surface area contributed by atoms with Crippen LogP contribution in [0.25, 0.3) is 11.0 Å². The van der Waals surface area contributed by atoms with Gasteiger partial charge in [-0.25, -0.2) is 9.78 Å². The Morgan fingerprint density at radius 1 is 1.44 bits per heavy atom. The highest BCUT2D eigenvalue weighted by Crippen LogP contribution is 2.40. The number of allylic oxidation sites excluding steroid dienone is 2. The topological polar surface area (TPSA) is 220 Å². The summed E-state index contributed by atoms with van der Waals surface area (Å²) in [5, 5.41) is 28.4. The van der Waals surface area contributed by atoms with Gasteiger partial charge in [0.15, 0.2) is 29.8 Å². The molecule has 2 atom stereocenters. The number of carboxylic acid groups (broad SMARTS) is 1. The average molecular weight is 623 g/mol. The van der Waals surface area contributed by atoms with Crippen molar-refractivity contribution in [1.82, 2.24) is 25.5 Å². The van der Waals surface area contributed by atoms with Crippen LogP contribution in [0.3, 0.4) is 0 Å². The number of carboxylic acids is 1. The summed E-state index contributed by atoms with van der Waals surface area (Å²) in [5.41, 5.74) is 7.60. The van der Waals surface area contributed by atoms with Gasteiger partial charge < -0.3 is 26.0 Å². The Hall–Kier alpha value is -5.21. The summed E-state index contributed by atoms with van der Waals surface area (Å²) < 4.78 is 1.84. The van der Waals surface area contributed by atoms with Gasteiger partial charge in [-0.15, -0.1) is 23.1 Å². The predicted octanol–water partition coefficient (Wildman–Crippen LogP) is 0.441. The van der Waals surface area contributed by atoms with Gasteiger partial charge in [-0.2, -0.15) is 9.83 Å². The SMILES string of the molecule is CCO/N=C(\C(=O)N[C@@H]1C(=O)N2C(C(=O)O)=C(/C=C/C[n+]3cccc4[nH]c(C(=O)NC#N)cc43)CS[C@H]12)c1csc(N)n1. The Kier molecular flexibility index (Phi) is 8.41. The van der Waals surface area contributed by atoms with E-state index >= 15 is 0 Å². The van der Waals surface area contributed by atoms with Gasteiger partial charge in [-0.3, -0.25) is 24.6 Å². The third kappa shape index (κ3) is 5.78. The van der Waals surface area contributed by atoms with Crippen LogP contribution in [-0.2, 0) is 25.8 Å². The maximum Gasteiger partial charge on any atom is 0.352 e. The van der Waals surface area contributed by atoms with Gasteiger partial charge in [-0.05, 0) is 24.6 Å². The number of carbonyl (C=O) groups excluding carboxylic acids is 3. The third-order valence-corrected chi connectivity index (χ3v) is 8.43. The zero-order valence-electron chi connectivity index (χ0n) is 22.4. The Morgan fingerprint density at radius 2 is 2.26 bits per heavy atom. The summed E-state index contributed by atoms with van der Waals surface area (Å²) in [6.07, 6.45) is 6.78. The quantitative estimate of drug-likeness (QED) is 0.0524. The zero-order valence-corrected chi connectivity index (χ0v) is 24.1. The number of aromatic nitrogens is 3. The number of carbonyl (C=O) groups is 4. The number of hydrogen-bond acceptors (Lipinski definition) is 11. The van der Waals surface area contributed by atoms with Crippen molar-refractivity contribution in [2.45, 2.75) is 24.9 Å². The monoisotopic (exact) mass is 622 g/mol. The number of amides is 3. The largest absolute Gasteiger partial charge is 0.477 e. The summed E-state index contributed by atoms with van der Waals surface area (Å²) in [4.78, 5) is 63.7. The van der Waals surface area contributed by atoms with E-state index in [0.29, 0.717) is 23.2 Å². The lowest BCUT2D eigenvalue weighted by Crippen LogP contribution is -2.71. The molecule has 17 heteroatoms. The maximum atomic E-state index is 13.1. The first-order valence-corrected chi connectivity index (χ1v) is 14.7. The molecule has 6 N–H and O–H groups in total. The number of rotatable bonds is 10. The van der Waals surface area contributed by atoms with E-state index in [1.807, 2.05) is 4.57 Å². The summed E-state index contributed by atoms with van der Waals surface area (Å²) in [7, 11) is 0. The van der Waals surface area contributed by atoms with Crippen molar-refractivity contribution in [1.29, 1.82) is 5.26 Å². The van der Waals surface area contributed by atoms with E-state index in [-0.39, 0.29) is 40.3 Å². The molecule has 0 aromatic carbocycles. The van der Waals surface area contributed by atoms with Gasteiger partial charge in [0, 0.05) is 23.3 Å². The van der Waals surface area contributed by atoms with Gasteiger partial charge >= 0.3 is 5.97 Å². The number of aromatic amines is 1. The summed E-state index contributed by atoms with van der Waals surface area (Å²) in [6.45, 7) is 2.22. The summed E-state index contributed by atoms with van der Waals surface area (Å²) in [5.74, 6) is -2.83. The number of thioether (sulfide) groups is 1. The first-order chi connectivity index (χ1) is 20.7. The van der Waals surface area contributed by atoms with Gasteiger partial charge in [0.2, 0.25) is 5.52 Å². The van der Waals surface area contributed by atoms with Crippen molar-refractivity contribution < 1.29 is 33.7 Å². The van der Waals surface area contributed by atoms with Crippen LogP contribution in [0, 0.1) is 11.5 Å². The lowest BCUT2D eigenvalue weighted by molar-refractivity contribution is -0.660. The smallest absolute Gasteiger partial charge is 0.352 e. The highest BCUT2D eigenvalue weighted by Gasteiger charge is 2.54. The number of nitrogens with one attached hydrogen (secondary N) is 3. The molecule has 43 heavy (non-hydrogen) atoms. The van der Waals surface area contributed by atoms with Crippen molar-refractivity contribution >= 4 is 68.7 Å². The lowest BCUT2D eigenvalue weighted by atomic mass is 10.0. The van der Waals surface area contributed by atoms with Crippen molar-refractivity contribution in [3.63, 3.8) is 0 Å². The molecule has 5 rings (SSSR count). The first-order valence-electron chi connectivity index (χ1n) is 12.7. The van der Waals surface area contributed by atoms with Crippen molar-refractivity contribution in [2.75, 3.05) is 18.1 Å². The number of aliphatic carboxylic acids is 1. The lowest BCUT2D eigenvalue weighted by Gasteiger charge is -2.49. The van der Waals surface area contributed by atoms with E-state index in [0.717, 1.165) is 11.3 Å². The molecule has 3 aromatic heterocycles. The standard InChI is InChI=1S/C26H23N9O6S2/c1-2-41-33-18(16-11-43-26(28)31-16)22(37)32-19-23(38)35-20(25(39)40)13(10-42-24(19)35)5-3-7-34-8-4-6-14-17(34)9-15(30-14)21(36)29-12-27/h3-6,8-9,11,19,24H,2,7,10H2,1H3,(H5,28,29,31,32,36,37,39,40)/p+1/b5-3+,33-18-/t19-,24-/m1/s1. The molecule has 5 heterocycles. The zero-order chi connectivity index (χ0) is 30.7. The molecule has 0 bridgehead atoms. The van der Waals surface area contributed by atoms with Gasteiger partial charge in [-0.1, -0.05) is 11.2 Å². The molecule has 0 saturated carbocycles. The predicted molar refractivity (Wildman–Crippen MR) is 155 cm³/mol. The van der Waals surface area contributed by atoms with Gasteiger partial charge in [0.1, 0.15) is 40.6 Å². The molecule has 1 saturated heterocycles. The van der Waals surface area contributed by atoms with Crippen molar-refractivity contribution in [3.8, 4) is 6.19 Å². The minimum atomic E-state index is -1.27. The molecule has 1 fully saturated rings. The summed E-state index contributed by atoms with van der Waals surface area (Å²) >= 11 is 2.43. The number of H-pyrrole nitrogens is 1. The van der Waals surface area contributed by atoms with Gasteiger partial charge in [0.25, 0.3) is 17.7 Å². The molecule has 0 radical (unpaired) electrons. The van der Waals surface area contributed by atoms with Crippen LogP contribution in [-0.4, -0.2) is 73.2 Å². The number of β-lactam (4-membered cyclic amide) rings is 1. The van der Waals surface area contributed by atoms with Crippen LogP contribution in [0.5, 0.6) is 0 Å². The van der Waals surface area contributed by atoms with Crippen LogP contribution < -0.4 is 20.9 Å². The molecule has 0 aliphatic carbocycles. The second kappa shape index (κ2) is 12.3. The van der Waals surface area contributed by atoms with Gasteiger partial charge in [0.05, 0.1) is 0 Å². The number of thiazole rings is 1. The van der Waals surface area contributed by atoms with Crippen molar-refractivity contribution in [2.24, 2.45) is 5.16 Å². The molecule has 15 nitrogen and oxygen atoms in total. The number of nitrogens with two attached hydrogens (primary N) is 1. The van der Waals surface area contributed by atoms with Crippen LogP contribution >= 0.6 is 23.1 Å². The number of oxime groups is 1. The third-order valence-electron chi connectivity index (χ3n) is 6.45. The Labute approximate surface area is 251 Å². The number of nitriles is 1. The Bertz CT molecular complexity index is 1770. The van der Waals surface area contributed by atoms with E-state index in [1.54, 1.807) is 55.0 Å². The first kappa shape index (κ1) is 29.3. The minimum absolute atomic E-state index is 0.146. The second-order valence-electron chi connectivity index (χ2n) is 9.08. The number of anilines is 1. The fourth-order valence-electron chi connectivity index (χ4n) is 4.57. The Morgan fingerprint density at radius 3 is 2.95 bits per heavy atom. The molecule has 2 aliphatic rings. The average Bonchev–Trinajstić information content (AvgIpc) is 3.62. The number of hydrogen-bond donors (Lipinski definition) is 5. The fourth-order valence-corrected chi connectivity index (χ4v) is 6.43. The van der Waals surface area contributed by atoms with E-state index in [1.165, 1.54) is 16.7 Å². The molecule has 220 valence electrons. The van der Waals surface area contributed by atoms with Crippen LogP contribution in [0.1, 0.15) is 23.1 Å². The molecule has 2 aliphatic heterocycles. The van der Waals surface area contributed by atoms with E-state index < -0.39 is 35.1 Å². The molecular weight excluding hydrogens is 598 g/mol. The normalized spacial score (nSPS) is 18.3. The molecule has 3 aromatic rings. The van der Waals surface area contributed by atoms with E-state index in [9.17, 15) is 24.3 Å². The number of nitrogen functional groups attached to an aromatic ring is 1. The molecule has 3 amide bonds. The molecular formula is C26H24N9O6S2+. The van der Waals surface area contributed by atoms with Crippen LogP contribution in [0.15, 0.2) is 58.4 Å². The van der Waals surface area contributed by atoms with Crippen molar-refractivity contribution in [3.05, 3.63) is 64.6 Å². The molecule has 0 unspecified atom stereocenters. The number of nitrogens with zero attached hydrogens (tertiary/aromatic N) is 5. The van der Waals surface area contributed by atoms with Crippen LogP contribution in [0.2, 0.25) is 0 Å². The van der Waals surface area contributed by atoms with Crippen LogP contribution in [0.4, 0.5) is 5.13 Å². The summed E-state index contributed by atoms with van der Waals surface area (Å²) in [6, 6.07) is 4.20. The highest BCUT2D eigenvalue weighted by atomic mass is 32.2. The highest BCUT2D eigenvalue weighted by molar-refractivity contribution is 8.00. The second-order valence-corrected chi connectivity index (χ2v) is 11.1. The number of pyridine rings is 1. The fraction of sp³-hybridized carbons (Fsp3) is 0.231. The number of fused-ring (bicyclic) bond motifs is 2. The maximum absolute atomic E-state index is 13.1. The Balaban J connectivity index is 1.32.